The van der Waals surface area contributed by atoms with Gasteiger partial charge in [0, 0.05) is 19.2 Å². The van der Waals surface area contributed by atoms with Crippen LogP contribution in [0.25, 0.3) is 0 Å². The number of nitrogens with one attached hydrogen (secondary N) is 1. The largest absolute Gasteiger partial charge is 0.381 e. The van der Waals surface area contributed by atoms with Crippen molar-refractivity contribution in [2.24, 2.45) is 0 Å². The van der Waals surface area contributed by atoms with Gasteiger partial charge in [0.2, 0.25) is 0 Å². The number of nitrogens with zero attached hydrogens (tertiary/aromatic N) is 1. The van der Waals surface area contributed by atoms with Gasteiger partial charge >= 0.3 is 0 Å². The number of ether oxygens (including phenoxy) is 1. The van der Waals surface area contributed by atoms with E-state index in [4.69, 9.17) is 17.0 Å². The molecule has 0 saturated heterocycles. The fourth-order valence-electron chi connectivity index (χ4n) is 1.60. The van der Waals surface area contributed by atoms with Gasteiger partial charge in [0.25, 0.3) is 0 Å². The summed E-state index contributed by atoms with van der Waals surface area (Å²) in [6, 6.07) is 1.98. The number of hydrogen-bond acceptors (Lipinski definition) is 3. The first-order valence-electron chi connectivity index (χ1n) is 5.32. The molecule has 82 valence electrons. The minimum Gasteiger partial charge on any atom is -0.381 e. The molecule has 1 N–H and O–H groups in total. The number of aromatic nitrogens is 2. The average Bonchev–Trinajstić information content (AvgIpc) is 2.99. The first kappa shape index (κ1) is 10.8. The second-order valence-electron chi connectivity index (χ2n) is 4.15. The van der Waals surface area contributed by atoms with E-state index in [2.05, 4.69) is 9.97 Å². The van der Waals surface area contributed by atoms with Crippen molar-refractivity contribution in [1.29, 1.82) is 0 Å². The normalized spacial score (nSPS) is 17.7. The van der Waals surface area contributed by atoms with Gasteiger partial charge in [-0.25, -0.2) is 4.98 Å². The zero-order valence-corrected chi connectivity index (χ0v) is 9.93. The lowest BCUT2D eigenvalue weighted by molar-refractivity contribution is 0.117. The van der Waals surface area contributed by atoms with Crippen LogP contribution in [0.4, 0.5) is 0 Å². The van der Waals surface area contributed by atoms with E-state index in [-0.39, 0.29) is 6.10 Å². The molecule has 1 atom stereocenters. The molecule has 1 aliphatic rings. The average molecular weight is 224 g/mol. The summed E-state index contributed by atoms with van der Waals surface area (Å²) in [6.07, 6.45) is 3.52. The second kappa shape index (κ2) is 4.41. The maximum Gasteiger partial charge on any atom is 0.129 e. The van der Waals surface area contributed by atoms with E-state index in [1.807, 2.05) is 13.0 Å². The van der Waals surface area contributed by atoms with Gasteiger partial charge < -0.3 is 9.72 Å². The molecule has 1 aliphatic carbocycles. The maximum atomic E-state index is 5.22. The molecule has 0 aromatic carbocycles. The summed E-state index contributed by atoms with van der Waals surface area (Å²) >= 11 is 5.15. The Bertz CT molecular complexity index is 398. The molecular weight excluding hydrogens is 208 g/mol. The number of H-pyrrole nitrogens is 1. The molecule has 1 saturated carbocycles. The van der Waals surface area contributed by atoms with Gasteiger partial charge in [-0.05, 0) is 31.7 Å². The van der Waals surface area contributed by atoms with Crippen LogP contribution in [0.5, 0.6) is 0 Å². The lowest BCUT2D eigenvalue weighted by Gasteiger charge is -2.09. The standard InChI is InChI=1S/C11H16N2OS/c1-7(14-2)5-10-12-9(8-3-4-8)6-11(15)13-10/h6-8H,3-5H2,1-2H3,(H,12,13,15). The molecule has 0 bridgehead atoms. The Labute approximate surface area is 94.9 Å². The van der Waals surface area contributed by atoms with Crippen LogP contribution in [-0.2, 0) is 11.2 Å². The topological polar surface area (TPSA) is 37.9 Å². The van der Waals surface area contributed by atoms with Gasteiger partial charge in [0.1, 0.15) is 10.5 Å². The van der Waals surface area contributed by atoms with Gasteiger partial charge in [-0.1, -0.05) is 12.2 Å². The van der Waals surface area contributed by atoms with Crippen molar-refractivity contribution in [3.05, 3.63) is 22.2 Å². The first-order valence-corrected chi connectivity index (χ1v) is 5.73. The van der Waals surface area contributed by atoms with Crippen molar-refractivity contribution in [1.82, 2.24) is 9.97 Å². The summed E-state index contributed by atoms with van der Waals surface area (Å²) in [5.74, 6) is 1.63. The molecule has 0 radical (unpaired) electrons. The summed E-state index contributed by atoms with van der Waals surface area (Å²) in [7, 11) is 1.71. The molecule has 4 heteroatoms. The maximum absolute atomic E-state index is 5.22. The Morgan fingerprint density at radius 3 is 3.00 bits per heavy atom. The monoisotopic (exact) mass is 224 g/mol. The highest BCUT2D eigenvalue weighted by atomic mass is 32.1. The molecule has 0 spiro atoms. The smallest absolute Gasteiger partial charge is 0.129 e. The van der Waals surface area contributed by atoms with E-state index >= 15 is 0 Å². The van der Waals surface area contributed by atoms with Crippen LogP contribution >= 0.6 is 12.2 Å². The van der Waals surface area contributed by atoms with Crippen molar-refractivity contribution >= 4 is 12.2 Å². The Morgan fingerprint density at radius 2 is 2.40 bits per heavy atom. The van der Waals surface area contributed by atoms with Crippen LogP contribution in [0.3, 0.4) is 0 Å². The number of hydrogen-bond donors (Lipinski definition) is 1. The molecule has 0 aliphatic heterocycles. The van der Waals surface area contributed by atoms with E-state index in [9.17, 15) is 0 Å². The molecular formula is C11H16N2OS. The molecule has 2 rings (SSSR count). The van der Waals surface area contributed by atoms with E-state index in [0.29, 0.717) is 10.6 Å². The van der Waals surface area contributed by atoms with Crippen LogP contribution < -0.4 is 0 Å². The van der Waals surface area contributed by atoms with Gasteiger partial charge in [-0.15, -0.1) is 0 Å². The van der Waals surface area contributed by atoms with Crippen molar-refractivity contribution in [3.63, 3.8) is 0 Å². The predicted molar refractivity (Wildman–Crippen MR) is 61.6 cm³/mol. The van der Waals surface area contributed by atoms with E-state index in [1.54, 1.807) is 7.11 Å². The fraction of sp³-hybridized carbons (Fsp3) is 0.636. The van der Waals surface area contributed by atoms with Crippen molar-refractivity contribution in [2.45, 2.75) is 38.2 Å². The Balaban J connectivity index is 2.19. The SMILES string of the molecule is COC(C)Cc1nc(=S)cc(C2CC2)[nH]1. The Hall–Kier alpha value is -0.740. The molecule has 3 nitrogen and oxygen atoms in total. The molecule has 1 unspecified atom stereocenters. The molecule has 1 aromatic heterocycles. The number of aromatic amines is 1. The van der Waals surface area contributed by atoms with Gasteiger partial charge in [-0.3, -0.25) is 0 Å². The predicted octanol–water partition coefficient (Wildman–Crippen LogP) is 2.59. The third-order valence-electron chi connectivity index (χ3n) is 2.71. The number of rotatable bonds is 4. The van der Waals surface area contributed by atoms with Crippen molar-refractivity contribution < 1.29 is 4.74 Å². The highest BCUT2D eigenvalue weighted by molar-refractivity contribution is 7.71. The van der Waals surface area contributed by atoms with Crippen LogP contribution in [0.2, 0.25) is 0 Å². The summed E-state index contributed by atoms with van der Waals surface area (Å²) in [5, 5.41) is 0. The van der Waals surface area contributed by atoms with Crippen molar-refractivity contribution in [3.8, 4) is 0 Å². The van der Waals surface area contributed by atoms with Crippen molar-refractivity contribution in [2.75, 3.05) is 7.11 Å². The third kappa shape index (κ3) is 2.86. The van der Waals surface area contributed by atoms with Crippen LogP contribution in [0, 0.1) is 4.64 Å². The quantitative estimate of drug-likeness (QED) is 0.799. The minimum absolute atomic E-state index is 0.178. The Kier molecular flexibility index (Phi) is 3.17. The third-order valence-corrected chi connectivity index (χ3v) is 2.92. The summed E-state index contributed by atoms with van der Waals surface area (Å²) in [5.41, 5.74) is 1.24. The first-order chi connectivity index (χ1) is 7.19. The lowest BCUT2D eigenvalue weighted by Crippen LogP contribution is -2.12. The summed E-state index contributed by atoms with van der Waals surface area (Å²) in [4.78, 5) is 7.67. The second-order valence-corrected chi connectivity index (χ2v) is 4.56. The van der Waals surface area contributed by atoms with Crippen LogP contribution in [0.1, 0.15) is 37.2 Å². The lowest BCUT2D eigenvalue weighted by atomic mass is 10.2. The highest BCUT2D eigenvalue weighted by Crippen LogP contribution is 2.38. The Morgan fingerprint density at radius 1 is 1.67 bits per heavy atom. The molecule has 1 heterocycles. The zero-order chi connectivity index (χ0) is 10.8. The molecule has 0 amide bonds. The van der Waals surface area contributed by atoms with Crippen LogP contribution in [-0.4, -0.2) is 23.2 Å². The summed E-state index contributed by atoms with van der Waals surface area (Å²) in [6.45, 7) is 2.03. The van der Waals surface area contributed by atoms with E-state index in [0.717, 1.165) is 12.2 Å². The molecule has 1 fully saturated rings. The van der Waals surface area contributed by atoms with E-state index < -0.39 is 0 Å². The minimum atomic E-state index is 0.178. The summed E-state index contributed by atoms with van der Waals surface area (Å²) < 4.78 is 5.90. The zero-order valence-electron chi connectivity index (χ0n) is 9.12. The van der Waals surface area contributed by atoms with Gasteiger partial charge in [-0.2, -0.15) is 0 Å². The molecule has 15 heavy (non-hydrogen) atoms. The van der Waals surface area contributed by atoms with Gasteiger partial charge in [0.05, 0.1) is 6.10 Å². The van der Waals surface area contributed by atoms with E-state index in [1.165, 1.54) is 18.5 Å². The highest BCUT2D eigenvalue weighted by Gasteiger charge is 2.24. The number of methoxy groups -OCH3 is 1. The molecule has 1 aromatic rings. The fourth-order valence-corrected chi connectivity index (χ4v) is 1.83. The van der Waals surface area contributed by atoms with Crippen LogP contribution in [0.15, 0.2) is 6.07 Å². The van der Waals surface area contributed by atoms with Gasteiger partial charge in [0.15, 0.2) is 0 Å².